The number of rotatable bonds is 3. The second-order valence-corrected chi connectivity index (χ2v) is 6.64. The second-order valence-electron chi connectivity index (χ2n) is 6.64. The lowest BCUT2D eigenvalue weighted by Crippen LogP contribution is -2.37. The molecule has 2 atom stereocenters. The van der Waals surface area contributed by atoms with Crippen LogP contribution in [-0.4, -0.2) is 53.1 Å². The van der Waals surface area contributed by atoms with E-state index < -0.39 is 0 Å². The quantitative estimate of drug-likeness (QED) is 0.910. The molecule has 3 fully saturated rings. The van der Waals surface area contributed by atoms with Gasteiger partial charge in [0.1, 0.15) is 0 Å². The first-order valence-corrected chi connectivity index (χ1v) is 8.42. The molecule has 4 rings (SSSR count). The maximum atomic E-state index is 4.59. The van der Waals surface area contributed by atoms with E-state index in [1.54, 1.807) is 0 Å². The predicted octanol–water partition coefficient (Wildman–Crippen LogP) is 1.40. The number of fused-ring (bicyclic) bond motifs is 2. The number of hydrogen-bond acceptors (Lipinski definition) is 5. The number of hydrogen-bond donors (Lipinski definition) is 1. The number of nitrogens with zero attached hydrogens (tertiary/aromatic N) is 4. The Morgan fingerprint density at radius 3 is 2.62 bits per heavy atom. The summed E-state index contributed by atoms with van der Waals surface area (Å²) in [5.74, 6) is 0.914. The molecule has 3 aliphatic rings. The third-order valence-corrected chi connectivity index (χ3v) is 5.25. The average molecular weight is 287 g/mol. The smallest absolute Gasteiger partial charge is 0.225 e. The molecule has 1 N–H and O–H groups in total. The van der Waals surface area contributed by atoms with Crippen molar-refractivity contribution in [3.8, 4) is 0 Å². The highest BCUT2D eigenvalue weighted by atomic mass is 15.3. The van der Waals surface area contributed by atoms with E-state index in [0.717, 1.165) is 38.2 Å². The fourth-order valence-corrected chi connectivity index (χ4v) is 4.06. The van der Waals surface area contributed by atoms with Crippen LogP contribution in [0.3, 0.4) is 0 Å². The monoisotopic (exact) mass is 287 g/mol. The van der Waals surface area contributed by atoms with Crippen molar-refractivity contribution in [3.63, 3.8) is 0 Å². The highest BCUT2D eigenvalue weighted by Crippen LogP contribution is 2.29. The Bertz CT molecular complexity index is 454. The molecule has 1 aromatic rings. The summed E-state index contributed by atoms with van der Waals surface area (Å²) in [6.07, 6.45) is 10.6. The van der Waals surface area contributed by atoms with Gasteiger partial charge in [0.25, 0.3) is 0 Å². The third-order valence-electron chi connectivity index (χ3n) is 5.25. The lowest BCUT2D eigenvalue weighted by Gasteiger charge is -2.27. The minimum atomic E-state index is 0.704. The standard InChI is InChI=1S/C16H25N5/c1-2-8-20(7-1)16-18-9-13(10-19-16)12-21-14-3-4-15(21)11-17-6-5-14/h9-10,14-15,17H,1-8,11-12H2/t14-,15+/m0/s1. The average Bonchev–Trinajstić information content (AvgIpc) is 3.09. The van der Waals surface area contributed by atoms with E-state index >= 15 is 0 Å². The summed E-state index contributed by atoms with van der Waals surface area (Å²) < 4.78 is 0. The molecular weight excluding hydrogens is 262 g/mol. The Balaban J connectivity index is 1.44. The third kappa shape index (κ3) is 2.77. The van der Waals surface area contributed by atoms with Crippen LogP contribution in [0.25, 0.3) is 0 Å². The number of aromatic nitrogens is 2. The zero-order valence-electron chi connectivity index (χ0n) is 12.7. The maximum Gasteiger partial charge on any atom is 0.225 e. The van der Waals surface area contributed by atoms with Gasteiger partial charge < -0.3 is 10.2 Å². The summed E-state index contributed by atoms with van der Waals surface area (Å²) in [5, 5.41) is 3.56. The molecule has 0 radical (unpaired) electrons. The fraction of sp³-hybridized carbons (Fsp3) is 0.750. The van der Waals surface area contributed by atoms with Crippen LogP contribution in [0.1, 0.15) is 37.7 Å². The fourth-order valence-electron chi connectivity index (χ4n) is 4.06. The number of anilines is 1. The van der Waals surface area contributed by atoms with Gasteiger partial charge >= 0.3 is 0 Å². The molecule has 5 nitrogen and oxygen atoms in total. The Morgan fingerprint density at radius 1 is 1.05 bits per heavy atom. The van der Waals surface area contributed by atoms with Gasteiger partial charge in [-0.2, -0.15) is 0 Å². The predicted molar refractivity (Wildman–Crippen MR) is 83.3 cm³/mol. The molecule has 0 aromatic carbocycles. The van der Waals surface area contributed by atoms with Crippen LogP contribution < -0.4 is 10.2 Å². The van der Waals surface area contributed by atoms with Crippen molar-refractivity contribution in [1.82, 2.24) is 20.2 Å². The minimum absolute atomic E-state index is 0.704. The van der Waals surface area contributed by atoms with Crippen LogP contribution in [0.2, 0.25) is 0 Å². The van der Waals surface area contributed by atoms with Gasteiger partial charge in [-0.05, 0) is 38.6 Å². The first-order valence-electron chi connectivity index (χ1n) is 8.42. The van der Waals surface area contributed by atoms with Gasteiger partial charge in [-0.1, -0.05) is 0 Å². The molecule has 114 valence electrons. The van der Waals surface area contributed by atoms with Crippen molar-refractivity contribution in [1.29, 1.82) is 0 Å². The molecule has 3 saturated heterocycles. The summed E-state index contributed by atoms with van der Waals surface area (Å²) in [6.45, 7) is 5.55. The molecule has 3 aliphatic heterocycles. The van der Waals surface area contributed by atoms with Crippen LogP contribution >= 0.6 is 0 Å². The summed E-state index contributed by atoms with van der Waals surface area (Å²) in [5.41, 5.74) is 1.26. The van der Waals surface area contributed by atoms with Crippen molar-refractivity contribution in [3.05, 3.63) is 18.0 Å². The Kier molecular flexibility index (Phi) is 3.78. The molecule has 0 unspecified atom stereocenters. The van der Waals surface area contributed by atoms with Crippen LogP contribution in [0.4, 0.5) is 5.95 Å². The van der Waals surface area contributed by atoms with Gasteiger partial charge in [-0.3, -0.25) is 4.90 Å². The molecule has 4 heterocycles. The maximum absolute atomic E-state index is 4.59. The van der Waals surface area contributed by atoms with Gasteiger partial charge in [0.15, 0.2) is 0 Å². The van der Waals surface area contributed by atoms with Crippen LogP contribution in [-0.2, 0) is 6.54 Å². The van der Waals surface area contributed by atoms with Gasteiger partial charge in [0.05, 0.1) is 0 Å². The number of nitrogens with one attached hydrogen (secondary N) is 1. The Hall–Kier alpha value is -1.20. The Morgan fingerprint density at radius 2 is 1.81 bits per heavy atom. The Labute approximate surface area is 126 Å². The molecule has 5 heteroatoms. The van der Waals surface area contributed by atoms with E-state index in [1.165, 1.54) is 44.2 Å². The molecule has 0 aliphatic carbocycles. The van der Waals surface area contributed by atoms with E-state index in [2.05, 4.69) is 25.1 Å². The first-order chi connectivity index (χ1) is 10.4. The lowest BCUT2D eigenvalue weighted by molar-refractivity contribution is 0.193. The van der Waals surface area contributed by atoms with Gasteiger partial charge in [-0.15, -0.1) is 0 Å². The molecule has 21 heavy (non-hydrogen) atoms. The normalized spacial score (nSPS) is 29.8. The van der Waals surface area contributed by atoms with Crippen molar-refractivity contribution >= 4 is 5.95 Å². The molecule has 2 bridgehead atoms. The van der Waals surface area contributed by atoms with Gasteiger partial charge in [0.2, 0.25) is 5.95 Å². The molecule has 1 aromatic heterocycles. The SMILES string of the molecule is c1nc(N2CCCC2)ncc1CN1[C@@H]2CCNC[C@H]1CC2. The summed E-state index contributed by atoms with van der Waals surface area (Å²) in [6, 6.07) is 1.46. The lowest BCUT2D eigenvalue weighted by atomic mass is 10.1. The first kappa shape index (κ1) is 13.5. The zero-order valence-corrected chi connectivity index (χ0v) is 12.7. The van der Waals surface area contributed by atoms with E-state index in [1.807, 2.05) is 12.4 Å². The van der Waals surface area contributed by atoms with Crippen LogP contribution in [0.15, 0.2) is 12.4 Å². The van der Waals surface area contributed by atoms with Crippen molar-refractivity contribution in [2.24, 2.45) is 0 Å². The topological polar surface area (TPSA) is 44.3 Å². The minimum Gasteiger partial charge on any atom is -0.341 e. The summed E-state index contributed by atoms with van der Waals surface area (Å²) in [4.78, 5) is 14.2. The van der Waals surface area contributed by atoms with E-state index in [4.69, 9.17) is 0 Å². The van der Waals surface area contributed by atoms with Crippen molar-refractivity contribution < 1.29 is 0 Å². The highest BCUT2D eigenvalue weighted by molar-refractivity contribution is 5.31. The molecule has 0 spiro atoms. The highest BCUT2D eigenvalue weighted by Gasteiger charge is 2.34. The molecule has 0 saturated carbocycles. The zero-order chi connectivity index (χ0) is 14.1. The second kappa shape index (κ2) is 5.89. The summed E-state index contributed by atoms with van der Waals surface area (Å²) >= 11 is 0. The van der Waals surface area contributed by atoms with E-state index in [0.29, 0.717) is 6.04 Å². The largest absolute Gasteiger partial charge is 0.341 e. The van der Waals surface area contributed by atoms with Crippen molar-refractivity contribution in [2.75, 3.05) is 31.1 Å². The van der Waals surface area contributed by atoms with Crippen LogP contribution in [0, 0.1) is 0 Å². The van der Waals surface area contributed by atoms with E-state index in [-0.39, 0.29) is 0 Å². The van der Waals surface area contributed by atoms with Gasteiger partial charge in [-0.25, -0.2) is 9.97 Å². The summed E-state index contributed by atoms with van der Waals surface area (Å²) in [7, 11) is 0. The molecular formula is C16H25N5. The van der Waals surface area contributed by atoms with Gasteiger partial charge in [0, 0.05) is 56.2 Å². The van der Waals surface area contributed by atoms with Crippen molar-refractivity contribution in [2.45, 2.75) is 50.7 Å². The van der Waals surface area contributed by atoms with E-state index in [9.17, 15) is 0 Å². The molecule has 0 amide bonds. The van der Waals surface area contributed by atoms with Crippen LogP contribution in [0.5, 0.6) is 0 Å².